The van der Waals surface area contributed by atoms with Crippen LogP contribution in [0.5, 0.6) is 0 Å². The van der Waals surface area contributed by atoms with Gasteiger partial charge in [0.1, 0.15) is 0 Å². The normalized spacial score (nSPS) is 13.2. The van der Waals surface area contributed by atoms with Crippen LogP contribution in [0, 0.1) is 0 Å². The number of allylic oxidation sites excluding steroid dienone is 2. The third-order valence-corrected chi connectivity index (χ3v) is 2.11. The molecule has 0 spiro atoms. The smallest absolute Gasteiger partial charge is 0.0320 e. The molecule has 0 heterocycles. The molecular weight excluding hydrogens is 120 g/mol. The molecule has 0 aromatic carbocycles. The molecule has 0 rings (SSSR count). The van der Waals surface area contributed by atoms with Crippen LogP contribution in [-0.2, 0) is 0 Å². The molecule has 0 amide bonds. The molecule has 0 saturated heterocycles. The lowest BCUT2D eigenvalue weighted by Gasteiger charge is -2.06. The van der Waals surface area contributed by atoms with Crippen LogP contribution in [-0.4, -0.2) is 0 Å². The Hall–Kier alpha value is -0.260. The summed E-state index contributed by atoms with van der Waals surface area (Å²) in [6.07, 6.45) is 5.06. The van der Waals surface area contributed by atoms with E-state index in [9.17, 15) is 0 Å². The van der Waals surface area contributed by atoms with Crippen molar-refractivity contribution < 1.29 is 0 Å². The Kier molecular flexibility index (Phi) is 5.38. The first-order valence-electron chi connectivity index (χ1n) is 4.43. The molecule has 10 heavy (non-hydrogen) atoms. The lowest BCUT2D eigenvalue weighted by molar-refractivity contribution is 0.827. The second kappa shape index (κ2) is 5.52. The Morgan fingerprint density at radius 2 is 1.60 bits per heavy atom. The van der Waals surface area contributed by atoms with Crippen molar-refractivity contribution in [2.24, 2.45) is 0 Å². The van der Waals surface area contributed by atoms with Gasteiger partial charge in [0.15, 0.2) is 0 Å². The summed E-state index contributed by atoms with van der Waals surface area (Å²) in [6.45, 7) is 9.00. The van der Waals surface area contributed by atoms with Crippen LogP contribution in [0.4, 0.5) is 0 Å². The fourth-order valence-corrected chi connectivity index (χ4v) is 1.24. The molecule has 0 bridgehead atoms. The summed E-state index contributed by atoms with van der Waals surface area (Å²) in [4.78, 5) is 0. The van der Waals surface area contributed by atoms with Crippen molar-refractivity contribution in [3.63, 3.8) is 0 Å². The molecule has 0 nitrogen and oxygen atoms in total. The minimum Gasteiger partial charge on any atom is -0.0744 e. The fraction of sp³-hybridized carbons (Fsp3) is 0.800. The second-order valence-electron chi connectivity index (χ2n) is 2.84. The van der Waals surface area contributed by atoms with E-state index in [2.05, 4.69) is 27.7 Å². The molecule has 0 heteroatoms. The van der Waals surface area contributed by atoms with Crippen molar-refractivity contribution in [1.82, 2.24) is 0 Å². The predicted molar refractivity (Wildman–Crippen MR) is 48.2 cm³/mol. The number of hydrogen-bond acceptors (Lipinski definition) is 0. The van der Waals surface area contributed by atoms with Gasteiger partial charge in [-0.1, -0.05) is 38.3 Å². The maximum atomic E-state index is 2.26. The van der Waals surface area contributed by atoms with Crippen LogP contribution >= 0.6 is 0 Å². The largest absolute Gasteiger partial charge is 0.0744 e. The quantitative estimate of drug-likeness (QED) is 0.519. The average Bonchev–Trinajstić information content (AvgIpc) is 1.99. The predicted octanol–water partition coefficient (Wildman–Crippen LogP) is 3.92. The van der Waals surface area contributed by atoms with E-state index in [-0.39, 0.29) is 0 Å². The standard InChI is InChI=1S/C10H20/c1-5-8-10(7-3)9(4)6-2/h5-8H2,1-4H3/b10-9-. The van der Waals surface area contributed by atoms with Gasteiger partial charge < -0.3 is 0 Å². The summed E-state index contributed by atoms with van der Waals surface area (Å²) in [7, 11) is 0. The zero-order valence-electron chi connectivity index (χ0n) is 7.83. The summed E-state index contributed by atoms with van der Waals surface area (Å²) in [6, 6.07) is 0. The van der Waals surface area contributed by atoms with Crippen molar-refractivity contribution in [2.45, 2.75) is 53.4 Å². The maximum Gasteiger partial charge on any atom is -0.0320 e. The van der Waals surface area contributed by atoms with Gasteiger partial charge in [-0.25, -0.2) is 0 Å². The van der Waals surface area contributed by atoms with Crippen LogP contribution in [0.1, 0.15) is 53.4 Å². The molecule has 0 aromatic heterocycles. The first-order valence-corrected chi connectivity index (χ1v) is 4.43. The second-order valence-corrected chi connectivity index (χ2v) is 2.84. The summed E-state index contributed by atoms with van der Waals surface area (Å²) < 4.78 is 0. The SMILES string of the molecule is CCC/C(CC)=C(/C)CC. The Labute approximate surface area is 65.3 Å². The molecule has 0 aliphatic heterocycles. The van der Waals surface area contributed by atoms with E-state index in [1.165, 1.54) is 25.7 Å². The van der Waals surface area contributed by atoms with E-state index < -0.39 is 0 Å². The van der Waals surface area contributed by atoms with E-state index >= 15 is 0 Å². The highest BCUT2D eigenvalue weighted by Gasteiger charge is 1.95. The van der Waals surface area contributed by atoms with Crippen molar-refractivity contribution in [1.29, 1.82) is 0 Å². The van der Waals surface area contributed by atoms with Gasteiger partial charge in [-0.15, -0.1) is 0 Å². The van der Waals surface area contributed by atoms with Gasteiger partial charge >= 0.3 is 0 Å². The molecule has 0 saturated carbocycles. The van der Waals surface area contributed by atoms with Crippen LogP contribution in [0.2, 0.25) is 0 Å². The summed E-state index contributed by atoms with van der Waals surface area (Å²) >= 11 is 0. The van der Waals surface area contributed by atoms with Gasteiger partial charge in [-0.3, -0.25) is 0 Å². The number of rotatable bonds is 4. The molecule has 0 aliphatic rings. The van der Waals surface area contributed by atoms with Gasteiger partial charge in [-0.05, 0) is 26.2 Å². The van der Waals surface area contributed by atoms with Gasteiger partial charge in [0, 0.05) is 0 Å². The molecule has 0 atom stereocenters. The zero-order chi connectivity index (χ0) is 7.98. The Bertz CT molecular complexity index is 109. The minimum atomic E-state index is 1.23. The van der Waals surface area contributed by atoms with E-state index in [0.29, 0.717) is 0 Å². The molecule has 0 N–H and O–H groups in total. The maximum absolute atomic E-state index is 2.26. The molecule has 60 valence electrons. The van der Waals surface area contributed by atoms with Crippen molar-refractivity contribution in [3.05, 3.63) is 11.1 Å². The molecule has 0 fully saturated rings. The monoisotopic (exact) mass is 140 g/mol. The highest BCUT2D eigenvalue weighted by atomic mass is 14.0. The van der Waals surface area contributed by atoms with Crippen LogP contribution in [0.3, 0.4) is 0 Å². The first-order chi connectivity index (χ1) is 4.76. The molecule has 0 aromatic rings. The minimum absolute atomic E-state index is 1.23. The van der Waals surface area contributed by atoms with Crippen molar-refractivity contribution >= 4 is 0 Å². The Balaban J connectivity index is 4.00. The van der Waals surface area contributed by atoms with Gasteiger partial charge in [0.05, 0.1) is 0 Å². The van der Waals surface area contributed by atoms with E-state index in [4.69, 9.17) is 0 Å². The van der Waals surface area contributed by atoms with E-state index in [1.54, 1.807) is 11.1 Å². The first kappa shape index (κ1) is 9.74. The third-order valence-electron chi connectivity index (χ3n) is 2.11. The fourth-order valence-electron chi connectivity index (χ4n) is 1.24. The van der Waals surface area contributed by atoms with E-state index in [0.717, 1.165) is 0 Å². The Morgan fingerprint density at radius 1 is 1.00 bits per heavy atom. The van der Waals surface area contributed by atoms with Gasteiger partial charge in [0.25, 0.3) is 0 Å². The lowest BCUT2D eigenvalue weighted by Crippen LogP contribution is -1.85. The van der Waals surface area contributed by atoms with Crippen molar-refractivity contribution in [2.75, 3.05) is 0 Å². The molecule has 0 radical (unpaired) electrons. The highest BCUT2D eigenvalue weighted by Crippen LogP contribution is 2.16. The van der Waals surface area contributed by atoms with Crippen LogP contribution in [0.25, 0.3) is 0 Å². The Morgan fingerprint density at radius 3 is 1.90 bits per heavy atom. The zero-order valence-corrected chi connectivity index (χ0v) is 7.83. The van der Waals surface area contributed by atoms with Crippen molar-refractivity contribution in [3.8, 4) is 0 Å². The third kappa shape index (κ3) is 3.05. The summed E-state index contributed by atoms with van der Waals surface area (Å²) in [5.41, 5.74) is 3.27. The van der Waals surface area contributed by atoms with E-state index in [1.807, 2.05) is 0 Å². The topological polar surface area (TPSA) is 0 Å². The van der Waals surface area contributed by atoms with Crippen LogP contribution < -0.4 is 0 Å². The van der Waals surface area contributed by atoms with Crippen LogP contribution in [0.15, 0.2) is 11.1 Å². The molecular formula is C10H20. The molecule has 0 unspecified atom stereocenters. The summed E-state index contributed by atoms with van der Waals surface area (Å²) in [5, 5.41) is 0. The number of hydrogen-bond donors (Lipinski definition) is 0. The highest BCUT2D eigenvalue weighted by molar-refractivity contribution is 5.10. The summed E-state index contributed by atoms with van der Waals surface area (Å²) in [5.74, 6) is 0. The van der Waals surface area contributed by atoms with Gasteiger partial charge in [0.2, 0.25) is 0 Å². The lowest BCUT2D eigenvalue weighted by atomic mass is 10.0. The average molecular weight is 140 g/mol. The van der Waals surface area contributed by atoms with Gasteiger partial charge in [-0.2, -0.15) is 0 Å². The molecule has 0 aliphatic carbocycles.